The van der Waals surface area contributed by atoms with E-state index in [1.807, 2.05) is 76.9 Å². The molecule has 0 radical (unpaired) electrons. The fraction of sp³-hybridized carbons (Fsp3) is 0.0870. The second-order valence-electron chi connectivity index (χ2n) is 6.79. The van der Waals surface area contributed by atoms with Crippen molar-refractivity contribution in [3.8, 4) is 28.3 Å². The maximum atomic E-state index is 13.1. The zero-order valence-electron chi connectivity index (χ0n) is 15.8. The highest BCUT2D eigenvalue weighted by Gasteiger charge is 2.21. The van der Waals surface area contributed by atoms with Gasteiger partial charge in [0.2, 0.25) is 6.79 Å². The van der Waals surface area contributed by atoms with Crippen molar-refractivity contribution in [1.82, 2.24) is 9.88 Å². The second-order valence-corrected chi connectivity index (χ2v) is 8.11. The summed E-state index contributed by atoms with van der Waals surface area (Å²) >= 11 is 7.47. The lowest BCUT2D eigenvalue weighted by atomic mass is 10.1. The van der Waals surface area contributed by atoms with E-state index < -0.39 is 0 Å². The number of fused-ring (bicyclic) bond motifs is 1. The van der Waals surface area contributed by atoms with Crippen molar-refractivity contribution in [3.63, 3.8) is 0 Å². The van der Waals surface area contributed by atoms with Crippen LogP contribution in [0.5, 0.6) is 11.5 Å². The number of hydrogen-bond acceptors (Lipinski definition) is 4. The van der Waals surface area contributed by atoms with Crippen molar-refractivity contribution >= 4 is 28.8 Å². The topological polar surface area (TPSA) is 52.5 Å². The van der Waals surface area contributed by atoms with E-state index in [1.165, 1.54) is 11.3 Å². The monoisotopic (exact) mass is 436 g/mol. The number of amides is 1. The van der Waals surface area contributed by atoms with E-state index in [1.54, 1.807) is 0 Å². The third kappa shape index (κ3) is 3.56. The smallest absolute Gasteiger partial charge is 0.263 e. The molecule has 0 bridgehead atoms. The van der Waals surface area contributed by atoms with Crippen LogP contribution in [-0.2, 0) is 6.54 Å². The van der Waals surface area contributed by atoms with E-state index in [9.17, 15) is 4.79 Å². The summed E-state index contributed by atoms with van der Waals surface area (Å²) in [7, 11) is 0. The molecule has 150 valence electrons. The number of hydrogen-bond donors (Lipinski definition) is 1. The van der Waals surface area contributed by atoms with Crippen LogP contribution < -0.4 is 14.8 Å². The molecule has 0 aliphatic carbocycles. The summed E-state index contributed by atoms with van der Waals surface area (Å²) in [6.07, 6.45) is 3.88. The largest absolute Gasteiger partial charge is 0.454 e. The van der Waals surface area contributed by atoms with Crippen LogP contribution in [0.3, 0.4) is 0 Å². The molecule has 2 aromatic heterocycles. The molecule has 1 aliphatic rings. The number of nitrogens with one attached hydrogen (secondary N) is 1. The van der Waals surface area contributed by atoms with Crippen LogP contribution in [0.1, 0.15) is 15.2 Å². The van der Waals surface area contributed by atoms with Crippen LogP contribution in [0.4, 0.5) is 0 Å². The van der Waals surface area contributed by atoms with Crippen LogP contribution in [0.25, 0.3) is 16.8 Å². The van der Waals surface area contributed by atoms with Crippen LogP contribution in [-0.4, -0.2) is 17.3 Å². The lowest BCUT2D eigenvalue weighted by Crippen LogP contribution is -2.23. The Morgan fingerprint density at radius 3 is 2.63 bits per heavy atom. The Hall–Kier alpha value is -3.22. The van der Waals surface area contributed by atoms with Crippen LogP contribution >= 0.6 is 22.9 Å². The summed E-state index contributed by atoms with van der Waals surface area (Å²) in [6, 6.07) is 17.2. The lowest BCUT2D eigenvalue weighted by molar-refractivity contribution is 0.0955. The van der Waals surface area contributed by atoms with Gasteiger partial charge in [0.15, 0.2) is 11.5 Å². The number of thiophene rings is 1. The zero-order chi connectivity index (χ0) is 20.5. The van der Waals surface area contributed by atoms with Crippen molar-refractivity contribution in [2.45, 2.75) is 6.54 Å². The molecule has 0 saturated heterocycles. The number of carbonyl (C=O) groups is 1. The molecule has 5 nitrogen and oxygen atoms in total. The van der Waals surface area contributed by atoms with Gasteiger partial charge in [0.1, 0.15) is 4.88 Å². The standard InChI is InChI=1S/C23H17ClN2O3S/c24-17-6-4-16(5-7-17)18-13-30-22(21(18)26-9-1-2-10-26)23(27)25-12-15-3-8-19-20(11-15)29-14-28-19/h1-11,13H,12,14H2,(H,25,27). The summed E-state index contributed by atoms with van der Waals surface area (Å²) < 4.78 is 12.7. The minimum absolute atomic E-state index is 0.124. The number of aromatic nitrogens is 1. The minimum atomic E-state index is -0.124. The van der Waals surface area contributed by atoms with Gasteiger partial charge in [-0.05, 0) is 47.5 Å². The molecule has 2 aromatic carbocycles. The number of halogens is 1. The van der Waals surface area contributed by atoms with Crippen molar-refractivity contribution in [3.05, 3.63) is 87.8 Å². The Balaban J connectivity index is 1.43. The minimum Gasteiger partial charge on any atom is -0.454 e. The first kappa shape index (κ1) is 18.8. The molecule has 30 heavy (non-hydrogen) atoms. The van der Waals surface area contributed by atoms with Gasteiger partial charge in [-0.1, -0.05) is 29.8 Å². The van der Waals surface area contributed by atoms with E-state index in [2.05, 4.69) is 5.32 Å². The van der Waals surface area contributed by atoms with Crippen LogP contribution in [0.2, 0.25) is 5.02 Å². The van der Waals surface area contributed by atoms with Gasteiger partial charge in [-0.15, -0.1) is 11.3 Å². The van der Waals surface area contributed by atoms with Gasteiger partial charge in [-0.25, -0.2) is 0 Å². The molecule has 0 unspecified atom stereocenters. The van der Waals surface area contributed by atoms with Crippen LogP contribution in [0.15, 0.2) is 72.4 Å². The predicted octanol–water partition coefficient (Wildman–Crippen LogP) is 5.52. The highest BCUT2D eigenvalue weighted by atomic mass is 35.5. The number of rotatable bonds is 5. The summed E-state index contributed by atoms with van der Waals surface area (Å²) in [5, 5.41) is 5.71. The molecule has 7 heteroatoms. The predicted molar refractivity (Wildman–Crippen MR) is 118 cm³/mol. The van der Waals surface area contributed by atoms with E-state index in [0.29, 0.717) is 22.2 Å². The Kier molecular flexibility index (Phi) is 4.94. The molecule has 5 rings (SSSR count). The first-order chi connectivity index (χ1) is 14.7. The average Bonchev–Trinajstić information content (AvgIpc) is 3.52. The zero-order valence-corrected chi connectivity index (χ0v) is 17.4. The van der Waals surface area contributed by atoms with Gasteiger partial charge in [0, 0.05) is 34.9 Å². The molecule has 4 aromatic rings. The SMILES string of the molecule is O=C(NCc1ccc2c(c1)OCO2)c1scc(-c2ccc(Cl)cc2)c1-n1cccc1. The summed E-state index contributed by atoms with van der Waals surface area (Å²) in [6.45, 7) is 0.628. The molecule has 0 fully saturated rings. The van der Waals surface area contributed by atoms with Crippen molar-refractivity contribution < 1.29 is 14.3 Å². The number of benzene rings is 2. The van der Waals surface area contributed by atoms with Gasteiger partial charge in [0.25, 0.3) is 5.91 Å². The Bertz CT molecular complexity index is 1200. The number of carbonyl (C=O) groups excluding carboxylic acids is 1. The summed E-state index contributed by atoms with van der Waals surface area (Å²) in [4.78, 5) is 13.7. The average molecular weight is 437 g/mol. The van der Waals surface area contributed by atoms with Crippen LogP contribution in [0, 0.1) is 0 Å². The highest BCUT2D eigenvalue weighted by molar-refractivity contribution is 7.13. The van der Waals surface area contributed by atoms with E-state index in [4.69, 9.17) is 21.1 Å². The third-order valence-electron chi connectivity index (χ3n) is 4.88. The fourth-order valence-corrected chi connectivity index (χ4v) is 4.52. The second kappa shape index (κ2) is 7.89. The maximum Gasteiger partial charge on any atom is 0.263 e. The molecule has 1 amide bonds. The van der Waals surface area contributed by atoms with E-state index in [-0.39, 0.29) is 12.7 Å². The number of nitrogens with zero attached hydrogens (tertiary/aromatic N) is 1. The first-order valence-corrected chi connectivity index (χ1v) is 10.6. The number of ether oxygens (including phenoxy) is 2. The molecule has 1 aliphatic heterocycles. The van der Waals surface area contributed by atoms with Gasteiger partial charge < -0.3 is 19.4 Å². The molecule has 0 atom stereocenters. The molecule has 1 N–H and O–H groups in total. The lowest BCUT2D eigenvalue weighted by Gasteiger charge is -2.10. The Labute approximate surface area is 182 Å². The molecular formula is C23H17ClN2O3S. The van der Waals surface area contributed by atoms with Crippen molar-refractivity contribution in [2.75, 3.05) is 6.79 Å². The fourth-order valence-electron chi connectivity index (χ4n) is 3.40. The van der Waals surface area contributed by atoms with Gasteiger partial charge in [-0.3, -0.25) is 4.79 Å². The van der Waals surface area contributed by atoms with Crippen molar-refractivity contribution in [1.29, 1.82) is 0 Å². The molecule has 3 heterocycles. The van der Waals surface area contributed by atoms with Crippen molar-refractivity contribution in [2.24, 2.45) is 0 Å². The quantitative estimate of drug-likeness (QED) is 0.448. The highest BCUT2D eigenvalue weighted by Crippen LogP contribution is 2.36. The molecular weight excluding hydrogens is 420 g/mol. The first-order valence-electron chi connectivity index (χ1n) is 9.36. The summed E-state index contributed by atoms with van der Waals surface area (Å²) in [5.41, 5.74) is 3.80. The maximum absolute atomic E-state index is 13.1. The van der Waals surface area contributed by atoms with Gasteiger partial charge in [0.05, 0.1) is 5.69 Å². The Morgan fingerprint density at radius 2 is 1.83 bits per heavy atom. The van der Waals surface area contributed by atoms with E-state index in [0.717, 1.165) is 28.1 Å². The van der Waals surface area contributed by atoms with Gasteiger partial charge >= 0.3 is 0 Å². The van der Waals surface area contributed by atoms with E-state index >= 15 is 0 Å². The van der Waals surface area contributed by atoms with Gasteiger partial charge in [-0.2, -0.15) is 0 Å². The summed E-state index contributed by atoms with van der Waals surface area (Å²) in [5.74, 6) is 1.31. The molecule has 0 saturated carbocycles. The normalized spacial score (nSPS) is 12.2. The third-order valence-corrected chi connectivity index (χ3v) is 6.10. The Morgan fingerprint density at radius 1 is 1.07 bits per heavy atom. The molecule has 0 spiro atoms.